The van der Waals surface area contributed by atoms with Crippen LogP contribution in [0.15, 0.2) is 47.3 Å². The number of ether oxygens (including phenoxy) is 1. The number of anilines is 1. The summed E-state index contributed by atoms with van der Waals surface area (Å²) in [4.78, 5) is 39.8. The Kier molecular flexibility index (Phi) is 5.99. The van der Waals surface area contributed by atoms with Crippen LogP contribution in [-0.4, -0.2) is 48.1 Å². The molecule has 1 fully saturated rings. The third kappa shape index (κ3) is 4.31. The standard InChI is InChI=1S/C23H27N3O4/c1-30-10-9-22(28)25-13-17-11-18(15-25)20-8-7-19(23(29)26(20)14-17)24-21(27)12-16-5-3-2-4-6-16/h2-8,17-18H,9-15H2,1H3,(H,24,27)/t17-,18+/m1/s1. The minimum Gasteiger partial charge on any atom is -0.384 e. The summed E-state index contributed by atoms with van der Waals surface area (Å²) in [6, 6.07) is 13.1. The lowest BCUT2D eigenvalue weighted by molar-refractivity contribution is -0.134. The molecule has 0 saturated carbocycles. The molecule has 2 bridgehead atoms. The number of piperidine rings is 1. The van der Waals surface area contributed by atoms with E-state index in [9.17, 15) is 14.4 Å². The van der Waals surface area contributed by atoms with Crippen molar-refractivity contribution in [1.82, 2.24) is 9.47 Å². The molecule has 2 aromatic rings. The van der Waals surface area contributed by atoms with Crippen molar-refractivity contribution >= 4 is 17.5 Å². The maximum absolute atomic E-state index is 13.0. The van der Waals surface area contributed by atoms with Crippen molar-refractivity contribution in [3.63, 3.8) is 0 Å². The van der Waals surface area contributed by atoms with Crippen LogP contribution in [0.3, 0.4) is 0 Å². The van der Waals surface area contributed by atoms with Crippen LogP contribution in [0, 0.1) is 5.92 Å². The maximum Gasteiger partial charge on any atom is 0.274 e. The normalized spacial score (nSPS) is 19.8. The molecule has 1 N–H and O–H groups in total. The van der Waals surface area contributed by atoms with Gasteiger partial charge in [-0.3, -0.25) is 14.4 Å². The predicted molar refractivity (Wildman–Crippen MR) is 113 cm³/mol. The van der Waals surface area contributed by atoms with Gasteiger partial charge in [-0.05, 0) is 30.0 Å². The van der Waals surface area contributed by atoms with Crippen molar-refractivity contribution in [2.45, 2.75) is 31.7 Å². The van der Waals surface area contributed by atoms with Crippen LogP contribution in [0.4, 0.5) is 5.69 Å². The van der Waals surface area contributed by atoms with Gasteiger partial charge in [-0.2, -0.15) is 0 Å². The zero-order chi connectivity index (χ0) is 21.1. The lowest BCUT2D eigenvalue weighted by Crippen LogP contribution is -2.49. The molecule has 7 nitrogen and oxygen atoms in total. The molecular formula is C23H27N3O4. The fraction of sp³-hybridized carbons (Fsp3) is 0.435. The summed E-state index contributed by atoms with van der Waals surface area (Å²) in [5.41, 5.74) is 2.00. The molecule has 2 aliphatic rings. The van der Waals surface area contributed by atoms with Gasteiger partial charge < -0.3 is 19.5 Å². The van der Waals surface area contributed by atoms with Crippen LogP contribution in [-0.2, 0) is 27.3 Å². The van der Waals surface area contributed by atoms with Gasteiger partial charge in [0.05, 0.1) is 19.4 Å². The molecular weight excluding hydrogens is 382 g/mol. The number of likely N-dealkylation sites (tertiary alicyclic amines) is 1. The second-order valence-electron chi connectivity index (χ2n) is 8.14. The number of benzene rings is 1. The van der Waals surface area contributed by atoms with E-state index in [0.717, 1.165) is 17.7 Å². The number of methoxy groups -OCH3 is 1. The molecule has 1 aromatic heterocycles. The lowest BCUT2D eigenvalue weighted by Gasteiger charge is -2.43. The molecule has 0 unspecified atom stereocenters. The minimum absolute atomic E-state index is 0.104. The molecule has 1 aromatic carbocycles. The Morgan fingerprint density at radius 3 is 2.67 bits per heavy atom. The Morgan fingerprint density at radius 1 is 1.10 bits per heavy atom. The van der Waals surface area contributed by atoms with Gasteiger partial charge in [0.2, 0.25) is 11.8 Å². The summed E-state index contributed by atoms with van der Waals surface area (Å²) >= 11 is 0. The molecule has 0 spiro atoms. The topological polar surface area (TPSA) is 80.6 Å². The Balaban J connectivity index is 1.48. The first-order valence-electron chi connectivity index (χ1n) is 10.4. The van der Waals surface area contributed by atoms with Gasteiger partial charge in [-0.25, -0.2) is 0 Å². The Bertz CT molecular complexity index is 986. The Morgan fingerprint density at radius 2 is 1.90 bits per heavy atom. The van der Waals surface area contributed by atoms with E-state index in [1.165, 1.54) is 0 Å². The molecule has 7 heteroatoms. The molecule has 3 heterocycles. The molecule has 4 rings (SSSR count). The van der Waals surface area contributed by atoms with E-state index in [1.54, 1.807) is 17.7 Å². The van der Waals surface area contributed by atoms with E-state index in [0.29, 0.717) is 38.3 Å². The Labute approximate surface area is 175 Å². The first kappa shape index (κ1) is 20.3. The first-order valence-corrected chi connectivity index (χ1v) is 10.4. The number of aromatic nitrogens is 1. The average Bonchev–Trinajstić information content (AvgIpc) is 2.75. The summed E-state index contributed by atoms with van der Waals surface area (Å²) < 4.78 is 6.81. The van der Waals surface area contributed by atoms with Crippen molar-refractivity contribution in [2.24, 2.45) is 5.92 Å². The van der Waals surface area contributed by atoms with Crippen LogP contribution in [0.2, 0.25) is 0 Å². The van der Waals surface area contributed by atoms with E-state index in [1.807, 2.05) is 41.3 Å². The molecule has 2 amide bonds. The fourth-order valence-corrected chi connectivity index (χ4v) is 4.57. The number of rotatable bonds is 6. The molecule has 0 radical (unpaired) electrons. The van der Waals surface area contributed by atoms with Crippen molar-refractivity contribution in [3.05, 3.63) is 64.1 Å². The maximum atomic E-state index is 13.0. The minimum atomic E-state index is -0.204. The van der Waals surface area contributed by atoms with Gasteiger partial charge in [-0.15, -0.1) is 0 Å². The predicted octanol–water partition coefficient (Wildman–Crippen LogP) is 2.01. The smallest absolute Gasteiger partial charge is 0.274 e. The monoisotopic (exact) mass is 409 g/mol. The molecule has 158 valence electrons. The second kappa shape index (κ2) is 8.83. The van der Waals surface area contributed by atoms with Gasteiger partial charge >= 0.3 is 0 Å². The zero-order valence-electron chi connectivity index (χ0n) is 17.2. The first-order chi connectivity index (χ1) is 14.5. The molecule has 1 saturated heterocycles. The van der Waals surface area contributed by atoms with Crippen LogP contribution in [0.25, 0.3) is 0 Å². The molecule has 2 aliphatic heterocycles. The number of hydrogen-bond donors (Lipinski definition) is 1. The summed E-state index contributed by atoms with van der Waals surface area (Å²) in [5.74, 6) is 0.290. The largest absolute Gasteiger partial charge is 0.384 e. The second-order valence-corrected chi connectivity index (χ2v) is 8.14. The number of amides is 2. The van der Waals surface area contributed by atoms with Crippen LogP contribution in [0.5, 0.6) is 0 Å². The third-order valence-electron chi connectivity index (χ3n) is 5.96. The quantitative estimate of drug-likeness (QED) is 0.792. The SMILES string of the molecule is COCCC(=O)N1C[C@H]2C[C@@H](C1)c1ccc(NC(=O)Cc3ccccc3)c(=O)n1C2. The van der Waals surface area contributed by atoms with Crippen LogP contribution >= 0.6 is 0 Å². The van der Waals surface area contributed by atoms with E-state index >= 15 is 0 Å². The van der Waals surface area contributed by atoms with E-state index in [-0.39, 0.29) is 35.6 Å². The highest BCUT2D eigenvalue weighted by Crippen LogP contribution is 2.35. The summed E-state index contributed by atoms with van der Waals surface area (Å²) in [6.07, 6.45) is 1.59. The van der Waals surface area contributed by atoms with Crippen LogP contribution in [0.1, 0.15) is 30.0 Å². The number of carbonyl (C=O) groups is 2. The zero-order valence-corrected chi connectivity index (χ0v) is 17.2. The van der Waals surface area contributed by atoms with Crippen molar-refractivity contribution in [1.29, 1.82) is 0 Å². The average molecular weight is 409 g/mol. The highest BCUT2D eigenvalue weighted by atomic mass is 16.5. The van der Waals surface area contributed by atoms with Crippen molar-refractivity contribution in [2.75, 3.05) is 32.1 Å². The Hall–Kier alpha value is -2.93. The number of nitrogens with one attached hydrogen (secondary N) is 1. The number of carbonyl (C=O) groups excluding carboxylic acids is 2. The highest BCUT2D eigenvalue weighted by Gasteiger charge is 2.36. The van der Waals surface area contributed by atoms with E-state index in [4.69, 9.17) is 4.74 Å². The molecule has 0 aliphatic carbocycles. The summed E-state index contributed by atoms with van der Waals surface area (Å²) in [5, 5.41) is 2.77. The highest BCUT2D eigenvalue weighted by molar-refractivity contribution is 5.92. The third-order valence-corrected chi connectivity index (χ3v) is 5.96. The van der Waals surface area contributed by atoms with Gasteiger partial charge in [0.25, 0.3) is 5.56 Å². The van der Waals surface area contributed by atoms with Crippen molar-refractivity contribution in [3.8, 4) is 0 Å². The number of fused-ring (bicyclic) bond motifs is 4. The number of nitrogens with zero attached hydrogens (tertiary/aromatic N) is 2. The molecule has 30 heavy (non-hydrogen) atoms. The lowest BCUT2D eigenvalue weighted by atomic mass is 9.83. The van der Waals surface area contributed by atoms with Gasteiger partial charge in [0.15, 0.2) is 0 Å². The van der Waals surface area contributed by atoms with Crippen LogP contribution < -0.4 is 10.9 Å². The van der Waals surface area contributed by atoms with E-state index < -0.39 is 0 Å². The molecule has 2 atom stereocenters. The fourth-order valence-electron chi connectivity index (χ4n) is 4.57. The summed E-state index contributed by atoms with van der Waals surface area (Å²) in [7, 11) is 1.59. The van der Waals surface area contributed by atoms with E-state index in [2.05, 4.69) is 5.32 Å². The van der Waals surface area contributed by atoms with Gasteiger partial charge in [0.1, 0.15) is 5.69 Å². The van der Waals surface area contributed by atoms with Gasteiger partial charge in [-0.1, -0.05) is 30.3 Å². The number of hydrogen-bond acceptors (Lipinski definition) is 4. The number of pyridine rings is 1. The van der Waals surface area contributed by atoms with Gasteiger partial charge in [0, 0.05) is 38.4 Å². The van der Waals surface area contributed by atoms with Crippen molar-refractivity contribution < 1.29 is 14.3 Å². The summed E-state index contributed by atoms with van der Waals surface area (Å²) in [6.45, 7) is 2.28.